The zero-order chi connectivity index (χ0) is 20.3. The SMILES string of the molecule is CCOc1cc(Cn2cc(O)n(-c3ccc(OC(F)(F)F)cc3)c2=O)ccn1. The van der Waals surface area contributed by atoms with Gasteiger partial charge in [0.25, 0.3) is 0 Å². The van der Waals surface area contributed by atoms with Crippen molar-refractivity contribution in [2.75, 3.05) is 6.61 Å². The third kappa shape index (κ3) is 4.45. The van der Waals surface area contributed by atoms with Crippen LogP contribution in [0, 0.1) is 0 Å². The normalized spacial score (nSPS) is 11.4. The first kappa shape index (κ1) is 19.3. The van der Waals surface area contributed by atoms with Crippen LogP contribution in [0.5, 0.6) is 17.5 Å². The number of nitrogens with zero attached hydrogens (tertiary/aromatic N) is 3. The van der Waals surface area contributed by atoms with Gasteiger partial charge in [0.05, 0.1) is 25.0 Å². The monoisotopic (exact) mass is 395 g/mol. The molecule has 0 bridgehead atoms. The second-order valence-electron chi connectivity index (χ2n) is 5.71. The molecule has 3 aromatic rings. The molecule has 0 atom stereocenters. The van der Waals surface area contributed by atoms with E-state index in [0.717, 1.165) is 22.3 Å². The van der Waals surface area contributed by atoms with Crippen LogP contribution in [0.4, 0.5) is 13.2 Å². The number of halogens is 3. The molecule has 0 aliphatic rings. The summed E-state index contributed by atoms with van der Waals surface area (Å²) >= 11 is 0. The fraction of sp³-hybridized carbons (Fsp3) is 0.222. The molecule has 2 heterocycles. The summed E-state index contributed by atoms with van der Waals surface area (Å²) in [6.45, 7) is 2.42. The summed E-state index contributed by atoms with van der Waals surface area (Å²) in [5.41, 5.74) is 0.365. The number of benzene rings is 1. The van der Waals surface area contributed by atoms with Crippen molar-refractivity contribution in [1.29, 1.82) is 0 Å². The molecule has 1 N–H and O–H groups in total. The number of alkyl halides is 3. The minimum Gasteiger partial charge on any atom is -0.493 e. The lowest BCUT2D eigenvalue weighted by Gasteiger charge is -2.09. The minimum absolute atomic E-state index is 0.150. The average Bonchev–Trinajstić information content (AvgIpc) is 2.89. The summed E-state index contributed by atoms with van der Waals surface area (Å²) in [7, 11) is 0. The Morgan fingerprint density at radius 3 is 2.54 bits per heavy atom. The minimum atomic E-state index is -4.81. The van der Waals surface area contributed by atoms with Gasteiger partial charge < -0.3 is 14.6 Å². The highest BCUT2D eigenvalue weighted by Gasteiger charge is 2.31. The maximum Gasteiger partial charge on any atom is 0.573 e. The summed E-state index contributed by atoms with van der Waals surface area (Å²) in [6.07, 6.45) is -2.03. The van der Waals surface area contributed by atoms with E-state index >= 15 is 0 Å². The van der Waals surface area contributed by atoms with E-state index in [-0.39, 0.29) is 18.1 Å². The topological polar surface area (TPSA) is 78.5 Å². The highest BCUT2D eigenvalue weighted by molar-refractivity contribution is 5.40. The second-order valence-corrected chi connectivity index (χ2v) is 5.71. The number of aromatic nitrogens is 3. The lowest BCUT2D eigenvalue weighted by Crippen LogP contribution is -2.23. The molecular weight excluding hydrogens is 379 g/mol. The quantitative estimate of drug-likeness (QED) is 0.694. The van der Waals surface area contributed by atoms with Crippen molar-refractivity contribution >= 4 is 0 Å². The van der Waals surface area contributed by atoms with Crippen molar-refractivity contribution in [3.63, 3.8) is 0 Å². The standard InChI is InChI=1S/C18H16F3N3O4/c1-2-27-15-9-12(7-8-22-15)10-23-11-16(25)24(17(23)26)13-3-5-14(6-4-13)28-18(19,20)21/h3-9,11,25H,2,10H2,1H3. The van der Waals surface area contributed by atoms with Crippen LogP contribution in [0.2, 0.25) is 0 Å². The predicted octanol–water partition coefficient (Wildman–Crippen LogP) is 3.09. The Bertz CT molecular complexity index is 1010. The van der Waals surface area contributed by atoms with Crippen LogP contribution in [-0.4, -0.2) is 32.2 Å². The molecule has 0 unspecified atom stereocenters. The fourth-order valence-corrected chi connectivity index (χ4v) is 2.60. The Labute approximate surface area is 157 Å². The third-order valence-corrected chi connectivity index (χ3v) is 3.71. The number of rotatable bonds is 6. The maximum absolute atomic E-state index is 12.6. The van der Waals surface area contributed by atoms with Crippen LogP contribution in [0.1, 0.15) is 12.5 Å². The molecule has 0 saturated carbocycles. The Morgan fingerprint density at radius 1 is 1.18 bits per heavy atom. The number of imidazole rings is 1. The molecule has 10 heteroatoms. The van der Waals surface area contributed by atoms with E-state index in [1.165, 1.54) is 22.9 Å². The summed E-state index contributed by atoms with van der Waals surface area (Å²) in [6, 6.07) is 7.98. The van der Waals surface area contributed by atoms with Crippen LogP contribution in [0.15, 0.2) is 53.6 Å². The molecule has 0 fully saturated rings. The van der Waals surface area contributed by atoms with Crippen LogP contribution in [0.3, 0.4) is 0 Å². The van der Waals surface area contributed by atoms with Gasteiger partial charge in [0.2, 0.25) is 11.8 Å². The maximum atomic E-state index is 12.6. The molecule has 1 aromatic carbocycles. The summed E-state index contributed by atoms with van der Waals surface area (Å²) < 4.78 is 48.1. The molecule has 28 heavy (non-hydrogen) atoms. The van der Waals surface area contributed by atoms with E-state index in [0.29, 0.717) is 12.5 Å². The fourth-order valence-electron chi connectivity index (χ4n) is 2.60. The molecule has 0 aliphatic carbocycles. The summed E-state index contributed by atoms with van der Waals surface area (Å²) in [5, 5.41) is 10.1. The van der Waals surface area contributed by atoms with Crippen LogP contribution in [-0.2, 0) is 6.54 Å². The Balaban J connectivity index is 1.86. The molecule has 7 nitrogen and oxygen atoms in total. The largest absolute Gasteiger partial charge is 0.573 e. The van der Waals surface area contributed by atoms with E-state index < -0.39 is 17.8 Å². The first-order chi connectivity index (χ1) is 13.3. The third-order valence-electron chi connectivity index (χ3n) is 3.71. The lowest BCUT2D eigenvalue weighted by atomic mass is 10.2. The first-order valence-corrected chi connectivity index (χ1v) is 8.22. The van der Waals surface area contributed by atoms with Crippen LogP contribution < -0.4 is 15.2 Å². The van der Waals surface area contributed by atoms with Gasteiger partial charge in [-0.15, -0.1) is 13.2 Å². The van der Waals surface area contributed by atoms with E-state index in [9.17, 15) is 23.1 Å². The molecule has 0 amide bonds. The van der Waals surface area contributed by atoms with Crippen molar-refractivity contribution in [2.45, 2.75) is 19.8 Å². The smallest absolute Gasteiger partial charge is 0.493 e. The Kier molecular flexibility index (Phi) is 5.30. The van der Waals surface area contributed by atoms with Gasteiger partial charge in [-0.1, -0.05) is 0 Å². The van der Waals surface area contributed by atoms with Crippen molar-refractivity contribution < 1.29 is 27.8 Å². The van der Waals surface area contributed by atoms with Crippen molar-refractivity contribution in [2.24, 2.45) is 0 Å². The van der Waals surface area contributed by atoms with Gasteiger partial charge in [-0.25, -0.2) is 14.3 Å². The first-order valence-electron chi connectivity index (χ1n) is 8.22. The number of pyridine rings is 1. The molecule has 3 rings (SSSR count). The van der Waals surface area contributed by atoms with E-state index in [4.69, 9.17) is 4.74 Å². The zero-order valence-corrected chi connectivity index (χ0v) is 14.7. The van der Waals surface area contributed by atoms with Gasteiger partial charge in [0.15, 0.2) is 0 Å². The Hall–Kier alpha value is -3.43. The average molecular weight is 395 g/mol. The zero-order valence-electron chi connectivity index (χ0n) is 14.7. The lowest BCUT2D eigenvalue weighted by molar-refractivity contribution is -0.274. The molecule has 0 saturated heterocycles. The second kappa shape index (κ2) is 7.67. The Morgan fingerprint density at radius 2 is 1.89 bits per heavy atom. The number of aromatic hydroxyl groups is 1. The van der Waals surface area contributed by atoms with E-state index in [1.807, 2.05) is 6.92 Å². The van der Waals surface area contributed by atoms with Crippen LogP contribution >= 0.6 is 0 Å². The van der Waals surface area contributed by atoms with Crippen LogP contribution in [0.25, 0.3) is 5.69 Å². The molecule has 0 spiro atoms. The number of hydrogen-bond acceptors (Lipinski definition) is 5. The van der Waals surface area contributed by atoms with Gasteiger partial charge in [-0.2, -0.15) is 0 Å². The summed E-state index contributed by atoms with van der Waals surface area (Å²) in [4.78, 5) is 16.7. The molecule has 0 aliphatic heterocycles. The predicted molar refractivity (Wildman–Crippen MR) is 92.9 cm³/mol. The highest BCUT2D eigenvalue weighted by Crippen LogP contribution is 2.24. The van der Waals surface area contributed by atoms with Gasteiger partial charge in [-0.05, 0) is 42.8 Å². The summed E-state index contributed by atoms with van der Waals surface area (Å²) in [5.74, 6) is -0.367. The van der Waals surface area contributed by atoms with Gasteiger partial charge in [0, 0.05) is 12.3 Å². The van der Waals surface area contributed by atoms with Crippen molar-refractivity contribution in [3.8, 4) is 23.2 Å². The highest BCUT2D eigenvalue weighted by atomic mass is 19.4. The number of ether oxygens (including phenoxy) is 2. The van der Waals surface area contributed by atoms with Gasteiger partial charge in [0.1, 0.15) is 5.75 Å². The number of hydrogen-bond donors (Lipinski definition) is 1. The van der Waals surface area contributed by atoms with Crippen molar-refractivity contribution in [1.82, 2.24) is 14.1 Å². The molecular formula is C18H16F3N3O4. The molecule has 148 valence electrons. The molecule has 0 radical (unpaired) electrons. The van der Waals surface area contributed by atoms with Gasteiger partial charge in [-0.3, -0.25) is 4.57 Å². The van der Waals surface area contributed by atoms with E-state index in [2.05, 4.69) is 9.72 Å². The van der Waals surface area contributed by atoms with E-state index in [1.54, 1.807) is 18.3 Å². The van der Waals surface area contributed by atoms with Crippen molar-refractivity contribution in [3.05, 3.63) is 64.8 Å². The molecule has 2 aromatic heterocycles. The van der Waals surface area contributed by atoms with Gasteiger partial charge >= 0.3 is 12.1 Å².